The molecule has 0 saturated carbocycles. The molecule has 1 heterocycles. The Morgan fingerprint density at radius 3 is 2.54 bits per heavy atom. The number of carbonyl (C=O) groups excluding carboxylic acids is 2. The second kappa shape index (κ2) is 8.35. The molecule has 0 bridgehead atoms. The number of anilines is 1. The van der Waals surface area contributed by atoms with Crippen molar-refractivity contribution in [2.75, 3.05) is 11.9 Å². The number of carbonyl (C=O) groups is 2. The van der Waals surface area contributed by atoms with Gasteiger partial charge in [-0.15, -0.1) is 0 Å². The van der Waals surface area contributed by atoms with Gasteiger partial charge < -0.3 is 14.5 Å². The third-order valence-corrected chi connectivity index (χ3v) is 4.07. The summed E-state index contributed by atoms with van der Waals surface area (Å²) in [4.78, 5) is 35.9. The standard InChI is InChI=1S/C22H19NO5/c1-14(2)21(25)27-12-11-15-7-9-17(10-8-15)23-20(24)18-13-16-5-3-4-6-19(16)28-22(18)26/h3-10,13H,1,11-12H2,2H3,(H,23,24). The molecule has 0 atom stereocenters. The maximum absolute atomic E-state index is 12.4. The van der Waals surface area contributed by atoms with Gasteiger partial charge in [-0.2, -0.15) is 0 Å². The van der Waals surface area contributed by atoms with Crippen molar-refractivity contribution in [3.8, 4) is 0 Å². The van der Waals surface area contributed by atoms with Gasteiger partial charge >= 0.3 is 11.6 Å². The van der Waals surface area contributed by atoms with E-state index < -0.39 is 17.5 Å². The van der Waals surface area contributed by atoms with Crippen LogP contribution in [0, 0.1) is 0 Å². The van der Waals surface area contributed by atoms with E-state index in [1.54, 1.807) is 43.3 Å². The fourth-order valence-electron chi connectivity index (χ4n) is 2.56. The largest absolute Gasteiger partial charge is 0.462 e. The van der Waals surface area contributed by atoms with Gasteiger partial charge in [0.1, 0.15) is 11.1 Å². The van der Waals surface area contributed by atoms with E-state index in [0.717, 1.165) is 5.56 Å². The molecule has 3 aromatic rings. The summed E-state index contributed by atoms with van der Waals surface area (Å²) in [6, 6.07) is 15.6. The Kier molecular flexibility index (Phi) is 5.69. The first-order valence-corrected chi connectivity index (χ1v) is 8.70. The molecule has 0 aliphatic rings. The summed E-state index contributed by atoms with van der Waals surface area (Å²) < 4.78 is 10.2. The molecule has 0 unspecified atom stereocenters. The molecule has 2 aromatic carbocycles. The minimum absolute atomic E-state index is 0.0607. The van der Waals surface area contributed by atoms with Crippen LogP contribution in [0.3, 0.4) is 0 Å². The molecule has 0 fully saturated rings. The van der Waals surface area contributed by atoms with Crippen LogP contribution in [-0.2, 0) is 16.0 Å². The Balaban J connectivity index is 1.65. The van der Waals surface area contributed by atoms with Gasteiger partial charge in [-0.25, -0.2) is 9.59 Å². The summed E-state index contributed by atoms with van der Waals surface area (Å²) in [5, 5.41) is 3.36. The van der Waals surface area contributed by atoms with E-state index in [0.29, 0.717) is 28.7 Å². The van der Waals surface area contributed by atoms with Crippen LogP contribution >= 0.6 is 0 Å². The van der Waals surface area contributed by atoms with Crippen LogP contribution in [0.2, 0.25) is 0 Å². The number of hydrogen-bond acceptors (Lipinski definition) is 5. The summed E-state index contributed by atoms with van der Waals surface area (Å²) in [5.41, 5.74) is 1.52. The highest BCUT2D eigenvalue weighted by molar-refractivity contribution is 6.05. The van der Waals surface area contributed by atoms with Crippen molar-refractivity contribution in [1.82, 2.24) is 0 Å². The minimum Gasteiger partial charge on any atom is -0.462 e. The molecule has 28 heavy (non-hydrogen) atoms. The van der Waals surface area contributed by atoms with Crippen molar-refractivity contribution in [1.29, 1.82) is 0 Å². The second-order valence-electron chi connectivity index (χ2n) is 6.30. The molecule has 0 radical (unpaired) electrons. The average molecular weight is 377 g/mol. The van der Waals surface area contributed by atoms with Crippen LogP contribution in [0.5, 0.6) is 0 Å². The highest BCUT2D eigenvalue weighted by atomic mass is 16.5. The number of para-hydroxylation sites is 1. The predicted octanol–water partition coefficient (Wildman–Crippen LogP) is 3.71. The second-order valence-corrected chi connectivity index (χ2v) is 6.30. The molecule has 0 aliphatic heterocycles. The van der Waals surface area contributed by atoms with E-state index in [9.17, 15) is 14.4 Å². The zero-order chi connectivity index (χ0) is 20.1. The molecular formula is C22H19NO5. The Morgan fingerprint density at radius 2 is 1.82 bits per heavy atom. The molecule has 1 N–H and O–H groups in total. The summed E-state index contributed by atoms with van der Waals surface area (Å²) in [6.45, 7) is 5.36. The normalized spacial score (nSPS) is 10.5. The molecule has 3 rings (SSSR count). The lowest BCUT2D eigenvalue weighted by Crippen LogP contribution is -2.20. The molecule has 6 nitrogen and oxygen atoms in total. The van der Waals surface area contributed by atoms with Crippen molar-refractivity contribution in [3.63, 3.8) is 0 Å². The van der Waals surface area contributed by atoms with Gasteiger partial charge in [-0.1, -0.05) is 36.9 Å². The summed E-state index contributed by atoms with van der Waals surface area (Å²) >= 11 is 0. The monoisotopic (exact) mass is 377 g/mol. The van der Waals surface area contributed by atoms with E-state index in [-0.39, 0.29) is 12.2 Å². The van der Waals surface area contributed by atoms with Gasteiger partial charge in [0.15, 0.2) is 0 Å². The van der Waals surface area contributed by atoms with Gasteiger partial charge in [0.25, 0.3) is 5.91 Å². The fourth-order valence-corrected chi connectivity index (χ4v) is 2.56. The fraction of sp³-hybridized carbons (Fsp3) is 0.136. The highest BCUT2D eigenvalue weighted by Crippen LogP contribution is 2.15. The lowest BCUT2D eigenvalue weighted by atomic mass is 10.1. The van der Waals surface area contributed by atoms with Gasteiger partial charge in [0.05, 0.1) is 6.61 Å². The van der Waals surface area contributed by atoms with Crippen LogP contribution in [-0.4, -0.2) is 18.5 Å². The first-order valence-electron chi connectivity index (χ1n) is 8.70. The Labute approximate surface area is 161 Å². The van der Waals surface area contributed by atoms with E-state index in [2.05, 4.69) is 11.9 Å². The van der Waals surface area contributed by atoms with Crippen molar-refractivity contribution < 1.29 is 18.7 Å². The summed E-state index contributed by atoms with van der Waals surface area (Å²) in [5.74, 6) is -0.958. The van der Waals surface area contributed by atoms with Crippen molar-refractivity contribution in [2.24, 2.45) is 0 Å². The molecule has 1 amide bonds. The molecule has 6 heteroatoms. The number of nitrogens with one attached hydrogen (secondary N) is 1. The summed E-state index contributed by atoms with van der Waals surface area (Å²) in [6.07, 6.45) is 0.543. The van der Waals surface area contributed by atoms with Gasteiger partial charge in [-0.05, 0) is 36.8 Å². The number of amides is 1. The zero-order valence-corrected chi connectivity index (χ0v) is 15.4. The number of benzene rings is 2. The first kappa shape index (κ1) is 19.1. The molecule has 0 spiro atoms. The maximum atomic E-state index is 12.4. The quantitative estimate of drug-likeness (QED) is 0.402. The molecular weight excluding hydrogens is 358 g/mol. The van der Waals surface area contributed by atoms with Crippen LogP contribution in [0.15, 0.2) is 76.0 Å². The van der Waals surface area contributed by atoms with Crippen molar-refractivity contribution in [2.45, 2.75) is 13.3 Å². The number of rotatable bonds is 6. The number of fused-ring (bicyclic) bond motifs is 1. The zero-order valence-electron chi connectivity index (χ0n) is 15.4. The van der Waals surface area contributed by atoms with Crippen LogP contribution in [0.25, 0.3) is 11.0 Å². The third-order valence-electron chi connectivity index (χ3n) is 4.07. The van der Waals surface area contributed by atoms with E-state index in [4.69, 9.17) is 9.15 Å². The Hall–Kier alpha value is -3.67. The minimum atomic E-state index is -0.688. The van der Waals surface area contributed by atoms with Gasteiger partial charge in [-0.3, -0.25) is 4.79 Å². The lowest BCUT2D eigenvalue weighted by Gasteiger charge is -2.07. The predicted molar refractivity (Wildman–Crippen MR) is 106 cm³/mol. The molecule has 142 valence electrons. The lowest BCUT2D eigenvalue weighted by molar-refractivity contribution is -0.138. The summed E-state index contributed by atoms with van der Waals surface area (Å²) in [7, 11) is 0. The van der Waals surface area contributed by atoms with E-state index >= 15 is 0 Å². The highest BCUT2D eigenvalue weighted by Gasteiger charge is 2.14. The van der Waals surface area contributed by atoms with Crippen LogP contribution in [0.4, 0.5) is 5.69 Å². The van der Waals surface area contributed by atoms with E-state index in [1.807, 2.05) is 12.1 Å². The van der Waals surface area contributed by atoms with Crippen LogP contribution < -0.4 is 10.9 Å². The first-order chi connectivity index (χ1) is 13.4. The Bertz CT molecular complexity index is 1100. The maximum Gasteiger partial charge on any atom is 0.349 e. The topological polar surface area (TPSA) is 85.6 Å². The van der Waals surface area contributed by atoms with Crippen molar-refractivity contribution in [3.05, 3.63) is 88.3 Å². The number of ether oxygens (including phenoxy) is 1. The average Bonchev–Trinajstić information content (AvgIpc) is 2.68. The Morgan fingerprint density at radius 1 is 1.11 bits per heavy atom. The molecule has 0 aliphatic carbocycles. The molecule has 1 aromatic heterocycles. The van der Waals surface area contributed by atoms with Crippen molar-refractivity contribution >= 4 is 28.5 Å². The van der Waals surface area contributed by atoms with Gasteiger partial charge in [0.2, 0.25) is 0 Å². The number of hydrogen-bond donors (Lipinski definition) is 1. The SMILES string of the molecule is C=C(C)C(=O)OCCc1ccc(NC(=O)c2cc3ccccc3oc2=O)cc1. The molecule has 0 saturated heterocycles. The smallest absolute Gasteiger partial charge is 0.349 e. The van der Waals surface area contributed by atoms with Gasteiger partial charge in [0, 0.05) is 23.1 Å². The number of esters is 1. The third kappa shape index (κ3) is 4.54. The van der Waals surface area contributed by atoms with E-state index in [1.165, 1.54) is 6.07 Å². The van der Waals surface area contributed by atoms with Crippen LogP contribution in [0.1, 0.15) is 22.8 Å².